The fourth-order valence-electron chi connectivity index (χ4n) is 1.62. The molecule has 0 atom stereocenters. The van der Waals surface area contributed by atoms with E-state index < -0.39 is 0 Å². The molecule has 20 heavy (non-hydrogen) atoms. The second kappa shape index (κ2) is 6.50. The van der Waals surface area contributed by atoms with E-state index in [1.54, 1.807) is 41.3 Å². The lowest BCUT2D eigenvalue weighted by atomic mass is 10.1. The van der Waals surface area contributed by atoms with Gasteiger partial charge < -0.3 is 10.1 Å². The zero-order chi connectivity index (χ0) is 14.4. The number of aromatic nitrogens is 2. The second-order valence-corrected chi connectivity index (χ2v) is 4.04. The first-order chi connectivity index (χ1) is 9.72. The van der Waals surface area contributed by atoms with E-state index >= 15 is 0 Å². The molecule has 1 amide bonds. The molecule has 0 spiro atoms. The lowest BCUT2D eigenvalue weighted by molar-refractivity contribution is 0.0792. The van der Waals surface area contributed by atoms with Crippen molar-refractivity contribution in [1.29, 1.82) is 5.26 Å². The number of nitriles is 1. The smallest absolute Gasteiger partial charge is 0.255 e. The van der Waals surface area contributed by atoms with Crippen molar-refractivity contribution in [2.45, 2.75) is 13.7 Å². The highest BCUT2D eigenvalue weighted by Gasteiger charge is 2.08. The van der Waals surface area contributed by atoms with Crippen molar-refractivity contribution in [3.05, 3.63) is 47.8 Å². The molecule has 1 N–H and O–H groups in total. The van der Waals surface area contributed by atoms with Gasteiger partial charge in [0.2, 0.25) is 0 Å². The Morgan fingerprint density at radius 1 is 1.55 bits per heavy atom. The number of benzene rings is 1. The van der Waals surface area contributed by atoms with Crippen LogP contribution in [0.1, 0.15) is 22.8 Å². The lowest BCUT2D eigenvalue weighted by Gasteiger charge is -2.03. The molecule has 6 nitrogen and oxygen atoms in total. The monoisotopic (exact) mass is 270 g/mol. The Kier molecular flexibility index (Phi) is 4.47. The first-order valence-corrected chi connectivity index (χ1v) is 6.14. The van der Waals surface area contributed by atoms with Gasteiger partial charge in [0.25, 0.3) is 5.91 Å². The minimum absolute atomic E-state index is 0.280. The van der Waals surface area contributed by atoms with Crippen molar-refractivity contribution in [3.63, 3.8) is 0 Å². The molecule has 0 aliphatic rings. The van der Waals surface area contributed by atoms with Crippen molar-refractivity contribution >= 4 is 11.6 Å². The Morgan fingerprint density at radius 3 is 3.15 bits per heavy atom. The molecule has 0 unspecified atom stereocenters. The summed E-state index contributed by atoms with van der Waals surface area (Å²) < 4.78 is 6.79. The van der Waals surface area contributed by atoms with Crippen molar-refractivity contribution in [1.82, 2.24) is 9.78 Å². The molecule has 102 valence electrons. The predicted octanol–water partition coefficient (Wildman–Crippen LogP) is 2.00. The van der Waals surface area contributed by atoms with Gasteiger partial charge in [0, 0.05) is 12.2 Å². The van der Waals surface area contributed by atoms with Crippen LogP contribution < -0.4 is 5.32 Å². The highest BCUT2D eigenvalue weighted by Crippen LogP contribution is 2.10. The van der Waals surface area contributed by atoms with Gasteiger partial charge in [-0.05, 0) is 25.1 Å². The normalized spacial score (nSPS) is 10.0. The molecule has 0 bridgehead atoms. The van der Waals surface area contributed by atoms with Gasteiger partial charge >= 0.3 is 0 Å². The molecule has 2 rings (SSSR count). The van der Waals surface area contributed by atoms with E-state index in [2.05, 4.69) is 10.4 Å². The first-order valence-electron chi connectivity index (χ1n) is 6.14. The summed E-state index contributed by atoms with van der Waals surface area (Å²) in [7, 11) is 0. The number of hydrogen-bond acceptors (Lipinski definition) is 4. The van der Waals surface area contributed by atoms with Crippen LogP contribution >= 0.6 is 0 Å². The highest BCUT2D eigenvalue weighted by atomic mass is 16.5. The summed E-state index contributed by atoms with van der Waals surface area (Å²) in [5.41, 5.74) is 1.46. The van der Waals surface area contributed by atoms with Crippen LogP contribution in [0, 0.1) is 11.3 Å². The third-order valence-corrected chi connectivity index (χ3v) is 2.57. The quantitative estimate of drug-likeness (QED) is 0.901. The third kappa shape index (κ3) is 3.43. The Bertz CT molecular complexity index is 643. The maximum atomic E-state index is 12.0. The van der Waals surface area contributed by atoms with Crippen LogP contribution in [0.2, 0.25) is 0 Å². The summed E-state index contributed by atoms with van der Waals surface area (Å²) >= 11 is 0. The minimum Gasteiger partial charge on any atom is -0.360 e. The maximum absolute atomic E-state index is 12.0. The Morgan fingerprint density at radius 2 is 2.40 bits per heavy atom. The van der Waals surface area contributed by atoms with Gasteiger partial charge in [-0.25, -0.2) is 4.68 Å². The van der Waals surface area contributed by atoms with Crippen LogP contribution in [-0.2, 0) is 11.5 Å². The van der Waals surface area contributed by atoms with E-state index in [-0.39, 0.29) is 5.91 Å². The summed E-state index contributed by atoms with van der Waals surface area (Å²) in [5.74, 6) is -0.280. The van der Waals surface area contributed by atoms with Gasteiger partial charge in [0.1, 0.15) is 6.73 Å². The summed E-state index contributed by atoms with van der Waals surface area (Å²) in [5, 5.41) is 15.6. The summed E-state index contributed by atoms with van der Waals surface area (Å²) in [6, 6.07) is 8.52. The predicted molar refractivity (Wildman–Crippen MR) is 73.0 cm³/mol. The molecule has 0 saturated carbocycles. The van der Waals surface area contributed by atoms with E-state index in [4.69, 9.17) is 10.00 Å². The molecule has 0 radical (unpaired) electrons. The third-order valence-electron chi connectivity index (χ3n) is 2.57. The molecule has 2 aromatic rings. The molecule has 0 fully saturated rings. The number of amides is 1. The molecular weight excluding hydrogens is 256 g/mol. The van der Waals surface area contributed by atoms with Crippen molar-refractivity contribution in [3.8, 4) is 6.07 Å². The molecule has 0 saturated heterocycles. The van der Waals surface area contributed by atoms with Crippen LogP contribution in [0.3, 0.4) is 0 Å². The Hall–Kier alpha value is -2.65. The molecular formula is C14H14N4O2. The first kappa shape index (κ1) is 13.8. The van der Waals surface area contributed by atoms with Gasteiger partial charge in [-0.15, -0.1) is 0 Å². The fourth-order valence-corrected chi connectivity index (χ4v) is 1.62. The molecule has 6 heteroatoms. The number of hydrogen-bond donors (Lipinski definition) is 1. The zero-order valence-electron chi connectivity index (χ0n) is 11.0. The molecule has 0 aliphatic heterocycles. The van der Waals surface area contributed by atoms with Crippen molar-refractivity contribution < 1.29 is 9.53 Å². The fraction of sp³-hybridized carbons (Fsp3) is 0.214. The van der Waals surface area contributed by atoms with Crippen LogP contribution in [0.15, 0.2) is 36.7 Å². The van der Waals surface area contributed by atoms with E-state index in [0.29, 0.717) is 30.2 Å². The van der Waals surface area contributed by atoms with Crippen LogP contribution in [-0.4, -0.2) is 22.3 Å². The number of anilines is 1. The van der Waals surface area contributed by atoms with E-state index in [0.717, 1.165) is 0 Å². The number of rotatable bonds is 5. The van der Waals surface area contributed by atoms with Crippen molar-refractivity contribution in [2.75, 3.05) is 11.9 Å². The van der Waals surface area contributed by atoms with Gasteiger partial charge in [0.05, 0.1) is 29.7 Å². The van der Waals surface area contributed by atoms with Crippen LogP contribution in [0.25, 0.3) is 0 Å². The molecule has 0 aliphatic carbocycles. The topological polar surface area (TPSA) is 79.9 Å². The average Bonchev–Trinajstić information content (AvgIpc) is 2.92. The van der Waals surface area contributed by atoms with Gasteiger partial charge in [-0.2, -0.15) is 10.4 Å². The number of nitrogens with one attached hydrogen (secondary N) is 1. The Labute approximate surface area is 116 Å². The molecule has 1 heterocycles. The number of carbonyl (C=O) groups excluding carboxylic acids is 1. The van der Waals surface area contributed by atoms with Gasteiger partial charge in [0.15, 0.2) is 0 Å². The average molecular weight is 270 g/mol. The molecule has 1 aromatic carbocycles. The number of nitrogens with zero attached hydrogens (tertiary/aromatic N) is 3. The van der Waals surface area contributed by atoms with E-state index in [9.17, 15) is 4.79 Å². The van der Waals surface area contributed by atoms with E-state index in [1.807, 2.05) is 13.0 Å². The Balaban J connectivity index is 2.03. The van der Waals surface area contributed by atoms with Crippen LogP contribution in [0.5, 0.6) is 0 Å². The highest BCUT2D eigenvalue weighted by molar-refractivity contribution is 6.04. The SMILES string of the molecule is CCOCn1cc(NC(=O)c2cccc(C#N)c2)cn1. The standard InChI is InChI=1S/C14H14N4O2/c1-2-20-10-18-9-13(8-16-18)17-14(19)12-5-3-4-11(6-12)7-15/h3-6,8-9H,2,10H2,1H3,(H,17,19). The zero-order valence-corrected chi connectivity index (χ0v) is 11.0. The minimum atomic E-state index is -0.280. The maximum Gasteiger partial charge on any atom is 0.255 e. The number of ether oxygens (including phenoxy) is 1. The number of carbonyl (C=O) groups is 1. The van der Waals surface area contributed by atoms with Crippen molar-refractivity contribution in [2.24, 2.45) is 0 Å². The summed E-state index contributed by atoms with van der Waals surface area (Å²) in [6.45, 7) is 2.84. The lowest BCUT2D eigenvalue weighted by Crippen LogP contribution is -2.11. The van der Waals surface area contributed by atoms with Gasteiger partial charge in [-0.1, -0.05) is 6.07 Å². The van der Waals surface area contributed by atoms with Crippen LogP contribution in [0.4, 0.5) is 5.69 Å². The van der Waals surface area contributed by atoms with Gasteiger partial charge in [-0.3, -0.25) is 4.79 Å². The summed E-state index contributed by atoms with van der Waals surface area (Å²) in [6.07, 6.45) is 3.23. The second-order valence-electron chi connectivity index (χ2n) is 4.04. The summed E-state index contributed by atoms with van der Waals surface area (Å²) in [4.78, 5) is 12.0. The van der Waals surface area contributed by atoms with E-state index in [1.165, 1.54) is 0 Å². The largest absolute Gasteiger partial charge is 0.360 e. The molecule has 1 aromatic heterocycles.